The molecule has 156 valence electrons. The summed E-state index contributed by atoms with van der Waals surface area (Å²) in [5.41, 5.74) is 0.764. The first-order valence-electron chi connectivity index (χ1n) is 9.73. The molecule has 1 heterocycles. The Kier molecular flexibility index (Phi) is 5.41. The number of ether oxygens (including phenoxy) is 2. The van der Waals surface area contributed by atoms with E-state index in [0.717, 1.165) is 15.7 Å². The summed E-state index contributed by atoms with van der Waals surface area (Å²) in [6.07, 6.45) is 1.48. The Bertz CT molecular complexity index is 1210. The first kappa shape index (κ1) is 20.2. The highest BCUT2D eigenvalue weighted by Gasteiger charge is 2.37. The Labute approximate surface area is 178 Å². The molecule has 1 N–H and O–H groups in total. The van der Waals surface area contributed by atoms with E-state index in [9.17, 15) is 14.4 Å². The maximum Gasteiger partial charge on any atom is 0.335 e. The van der Waals surface area contributed by atoms with Gasteiger partial charge in [0, 0.05) is 5.56 Å². The lowest BCUT2D eigenvalue weighted by atomic mass is 9.99. The van der Waals surface area contributed by atoms with E-state index in [-0.39, 0.29) is 5.57 Å². The highest BCUT2D eigenvalue weighted by molar-refractivity contribution is 6.39. The molecule has 0 unspecified atom stereocenters. The molecule has 4 amide bonds. The number of hydrogen-bond acceptors (Lipinski definition) is 5. The summed E-state index contributed by atoms with van der Waals surface area (Å²) < 4.78 is 10.9. The van der Waals surface area contributed by atoms with E-state index >= 15 is 0 Å². The number of fused-ring (bicyclic) bond motifs is 1. The SMILES string of the molecule is CCOc1ccc2ccccc2c1C=C1C(=O)NC(=O)N(c2ccc(OC)cc2)C1=O. The van der Waals surface area contributed by atoms with Crippen molar-refractivity contribution in [1.82, 2.24) is 5.32 Å². The average molecular weight is 416 g/mol. The van der Waals surface area contributed by atoms with Gasteiger partial charge in [0.05, 0.1) is 19.4 Å². The minimum atomic E-state index is -0.805. The first-order valence-corrected chi connectivity index (χ1v) is 9.73. The fourth-order valence-corrected chi connectivity index (χ4v) is 3.47. The van der Waals surface area contributed by atoms with E-state index < -0.39 is 17.8 Å². The lowest BCUT2D eigenvalue weighted by molar-refractivity contribution is -0.122. The Morgan fingerprint density at radius 1 is 0.968 bits per heavy atom. The third kappa shape index (κ3) is 3.73. The number of anilines is 1. The molecular weight excluding hydrogens is 396 g/mol. The van der Waals surface area contributed by atoms with Crippen molar-refractivity contribution < 1.29 is 23.9 Å². The van der Waals surface area contributed by atoms with Crippen molar-refractivity contribution >= 4 is 40.4 Å². The number of rotatable bonds is 5. The number of imide groups is 2. The number of carbonyl (C=O) groups excluding carboxylic acids is 3. The molecule has 0 bridgehead atoms. The van der Waals surface area contributed by atoms with Crippen molar-refractivity contribution in [2.24, 2.45) is 0 Å². The smallest absolute Gasteiger partial charge is 0.335 e. The third-order valence-corrected chi connectivity index (χ3v) is 4.95. The highest BCUT2D eigenvalue weighted by Crippen LogP contribution is 2.32. The molecule has 1 aliphatic rings. The number of barbiturate groups is 1. The van der Waals surface area contributed by atoms with Crippen molar-refractivity contribution in [3.05, 3.63) is 71.8 Å². The minimum Gasteiger partial charge on any atom is -0.497 e. The number of benzene rings is 3. The number of nitrogens with one attached hydrogen (secondary N) is 1. The van der Waals surface area contributed by atoms with Crippen LogP contribution in [0.3, 0.4) is 0 Å². The predicted octanol–water partition coefficient (Wildman–Crippen LogP) is 3.91. The fraction of sp³-hybridized carbons (Fsp3) is 0.125. The zero-order valence-electron chi connectivity index (χ0n) is 17.0. The molecule has 1 saturated heterocycles. The van der Waals surface area contributed by atoms with Crippen LogP contribution < -0.4 is 19.7 Å². The van der Waals surface area contributed by atoms with E-state index in [1.54, 1.807) is 30.3 Å². The second-order valence-corrected chi connectivity index (χ2v) is 6.79. The summed E-state index contributed by atoms with van der Waals surface area (Å²) in [5.74, 6) is -0.343. The number of nitrogens with zero attached hydrogens (tertiary/aromatic N) is 1. The van der Waals surface area contributed by atoms with Crippen LogP contribution in [-0.4, -0.2) is 31.6 Å². The first-order chi connectivity index (χ1) is 15.0. The van der Waals surface area contributed by atoms with Crippen LogP contribution in [0, 0.1) is 0 Å². The fourth-order valence-electron chi connectivity index (χ4n) is 3.47. The van der Waals surface area contributed by atoms with Crippen LogP contribution in [0.2, 0.25) is 0 Å². The second-order valence-electron chi connectivity index (χ2n) is 6.79. The normalized spacial score (nSPS) is 15.4. The van der Waals surface area contributed by atoms with Gasteiger partial charge in [0.25, 0.3) is 11.8 Å². The van der Waals surface area contributed by atoms with E-state index in [1.165, 1.54) is 13.2 Å². The quantitative estimate of drug-likeness (QED) is 0.504. The van der Waals surface area contributed by atoms with E-state index in [0.29, 0.717) is 29.4 Å². The maximum absolute atomic E-state index is 13.2. The summed E-state index contributed by atoms with van der Waals surface area (Å²) in [7, 11) is 1.52. The third-order valence-electron chi connectivity index (χ3n) is 4.95. The average Bonchev–Trinajstić information content (AvgIpc) is 2.78. The van der Waals surface area contributed by atoms with Crippen LogP contribution >= 0.6 is 0 Å². The summed E-state index contributed by atoms with van der Waals surface area (Å²) in [4.78, 5) is 39.2. The molecule has 7 nitrogen and oxygen atoms in total. The lowest BCUT2D eigenvalue weighted by Gasteiger charge is -2.26. The molecule has 1 fully saturated rings. The van der Waals surface area contributed by atoms with Crippen LogP contribution in [0.1, 0.15) is 12.5 Å². The van der Waals surface area contributed by atoms with Crippen LogP contribution in [0.4, 0.5) is 10.5 Å². The lowest BCUT2D eigenvalue weighted by Crippen LogP contribution is -2.54. The summed E-state index contributed by atoms with van der Waals surface area (Å²) in [6.45, 7) is 2.28. The summed E-state index contributed by atoms with van der Waals surface area (Å²) in [5, 5.41) is 4.01. The molecule has 1 aliphatic heterocycles. The Balaban J connectivity index is 1.83. The van der Waals surface area contributed by atoms with Crippen molar-refractivity contribution in [3.8, 4) is 11.5 Å². The second kappa shape index (κ2) is 8.31. The van der Waals surface area contributed by atoms with Crippen LogP contribution in [0.25, 0.3) is 16.8 Å². The molecule has 4 rings (SSSR count). The van der Waals surface area contributed by atoms with Crippen molar-refractivity contribution in [2.75, 3.05) is 18.6 Å². The number of hydrogen-bond donors (Lipinski definition) is 1. The van der Waals surface area contributed by atoms with Crippen molar-refractivity contribution in [2.45, 2.75) is 6.92 Å². The van der Waals surface area contributed by atoms with Gasteiger partial charge in [-0.15, -0.1) is 0 Å². The molecule has 0 atom stereocenters. The molecule has 31 heavy (non-hydrogen) atoms. The molecule has 3 aromatic carbocycles. The number of urea groups is 1. The van der Waals surface area contributed by atoms with Gasteiger partial charge in [0.1, 0.15) is 17.1 Å². The standard InChI is InChI=1S/C24H20N2O5/c1-3-31-21-13-8-15-6-4-5-7-18(15)19(21)14-20-22(27)25-24(29)26(23(20)28)16-9-11-17(30-2)12-10-16/h4-14H,3H2,1-2H3,(H,25,27,29). The zero-order chi connectivity index (χ0) is 22.0. The zero-order valence-corrected chi connectivity index (χ0v) is 17.0. The summed E-state index contributed by atoms with van der Waals surface area (Å²) in [6, 6.07) is 16.9. The van der Waals surface area contributed by atoms with Gasteiger partial charge in [-0.05, 0) is 54.1 Å². The topological polar surface area (TPSA) is 84.9 Å². The molecule has 0 aliphatic carbocycles. The summed E-state index contributed by atoms with van der Waals surface area (Å²) >= 11 is 0. The van der Waals surface area contributed by atoms with Crippen molar-refractivity contribution in [1.29, 1.82) is 0 Å². The van der Waals surface area contributed by atoms with Gasteiger partial charge >= 0.3 is 6.03 Å². The maximum atomic E-state index is 13.2. The van der Waals surface area contributed by atoms with Crippen LogP contribution in [0.5, 0.6) is 11.5 Å². The Hall–Kier alpha value is -4.13. The molecule has 0 aromatic heterocycles. The molecule has 3 aromatic rings. The molecule has 0 saturated carbocycles. The van der Waals surface area contributed by atoms with Crippen LogP contribution in [-0.2, 0) is 9.59 Å². The number of methoxy groups -OCH3 is 1. The van der Waals surface area contributed by atoms with E-state index in [2.05, 4.69) is 5.32 Å². The molecule has 0 radical (unpaired) electrons. The molecule has 7 heteroatoms. The van der Waals surface area contributed by atoms with Gasteiger partial charge in [-0.3, -0.25) is 14.9 Å². The Morgan fingerprint density at radius 2 is 1.71 bits per heavy atom. The molecule has 0 spiro atoms. The minimum absolute atomic E-state index is 0.160. The van der Waals surface area contributed by atoms with E-state index in [1.807, 2.05) is 37.3 Å². The van der Waals surface area contributed by atoms with E-state index in [4.69, 9.17) is 9.47 Å². The number of amides is 4. The number of carbonyl (C=O) groups is 3. The van der Waals surface area contributed by atoms with Crippen molar-refractivity contribution in [3.63, 3.8) is 0 Å². The van der Waals surface area contributed by atoms with Gasteiger partial charge in [0.15, 0.2) is 0 Å². The highest BCUT2D eigenvalue weighted by atomic mass is 16.5. The predicted molar refractivity (Wildman–Crippen MR) is 117 cm³/mol. The van der Waals surface area contributed by atoms with Gasteiger partial charge < -0.3 is 9.47 Å². The molecular formula is C24H20N2O5. The Morgan fingerprint density at radius 3 is 2.42 bits per heavy atom. The van der Waals surface area contributed by atoms with Gasteiger partial charge in [-0.2, -0.15) is 0 Å². The van der Waals surface area contributed by atoms with Gasteiger partial charge in [0.2, 0.25) is 0 Å². The largest absolute Gasteiger partial charge is 0.497 e. The monoisotopic (exact) mass is 416 g/mol. The van der Waals surface area contributed by atoms with Gasteiger partial charge in [-0.25, -0.2) is 9.69 Å². The van der Waals surface area contributed by atoms with Gasteiger partial charge in [-0.1, -0.05) is 30.3 Å². The van der Waals surface area contributed by atoms with Crippen LogP contribution in [0.15, 0.2) is 66.2 Å².